The fraction of sp³-hybridized carbons (Fsp3) is 0.333. The number of hydrogen-bond donors (Lipinski definition) is 1. The zero-order valence-corrected chi connectivity index (χ0v) is 9.78. The largest absolute Gasteiger partial charge is 0.490 e. The molecule has 86 valence electrons. The number of ether oxygens (including phenoxy) is 1. The number of hydrogen-bond acceptors (Lipinski definition) is 3. The van der Waals surface area contributed by atoms with Crippen molar-refractivity contribution in [2.24, 2.45) is 0 Å². The van der Waals surface area contributed by atoms with Crippen molar-refractivity contribution >= 4 is 11.7 Å². The summed E-state index contributed by atoms with van der Waals surface area (Å²) in [7, 11) is 0. The summed E-state index contributed by atoms with van der Waals surface area (Å²) in [5.41, 5.74) is 0.936. The van der Waals surface area contributed by atoms with Crippen LogP contribution in [-0.2, 0) is 4.79 Å². The molecule has 1 aromatic heterocycles. The molecular weight excluding hydrogens is 204 g/mol. The van der Waals surface area contributed by atoms with E-state index in [1.807, 2.05) is 20.8 Å². The molecule has 1 aromatic rings. The zero-order chi connectivity index (χ0) is 12.0. The lowest BCUT2D eigenvalue weighted by Gasteiger charge is -2.08. The number of anilines is 1. The van der Waals surface area contributed by atoms with E-state index in [1.165, 1.54) is 6.08 Å². The molecule has 1 amide bonds. The molecule has 0 aliphatic rings. The maximum Gasteiger partial charge on any atom is 0.249 e. The van der Waals surface area contributed by atoms with E-state index in [0.29, 0.717) is 18.2 Å². The fourth-order valence-corrected chi connectivity index (χ4v) is 1.17. The molecule has 0 saturated heterocycles. The number of carbonyl (C=O) groups excluding carboxylic acids is 1. The highest BCUT2D eigenvalue weighted by Crippen LogP contribution is 2.20. The van der Waals surface area contributed by atoms with Crippen LogP contribution in [0.15, 0.2) is 30.0 Å². The van der Waals surface area contributed by atoms with Crippen LogP contribution in [0.2, 0.25) is 0 Å². The van der Waals surface area contributed by atoms with Gasteiger partial charge in [-0.05, 0) is 32.9 Å². The number of allylic oxidation sites excluding steroid dienone is 1. The monoisotopic (exact) mass is 220 g/mol. The second-order valence-corrected chi connectivity index (χ2v) is 3.49. The molecule has 0 radical (unpaired) electrons. The first kappa shape index (κ1) is 12.2. The maximum absolute atomic E-state index is 11.5. The summed E-state index contributed by atoms with van der Waals surface area (Å²) in [6.45, 7) is 6.15. The summed E-state index contributed by atoms with van der Waals surface area (Å²) in [5.74, 6) is 0.840. The van der Waals surface area contributed by atoms with Crippen molar-refractivity contribution in [2.45, 2.75) is 20.8 Å². The summed E-state index contributed by atoms with van der Waals surface area (Å²) >= 11 is 0. The lowest BCUT2D eigenvalue weighted by molar-refractivity contribution is -0.112. The number of rotatable bonds is 4. The molecule has 0 aliphatic carbocycles. The average molecular weight is 220 g/mol. The summed E-state index contributed by atoms with van der Waals surface area (Å²) in [4.78, 5) is 15.6. The zero-order valence-electron chi connectivity index (χ0n) is 9.78. The Balaban J connectivity index is 2.80. The van der Waals surface area contributed by atoms with E-state index in [-0.39, 0.29) is 5.91 Å². The predicted molar refractivity (Wildman–Crippen MR) is 63.5 cm³/mol. The van der Waals surface area contributed by atoms with E-state index in [2.05, 4.69) is 10.3 Å². The van der Waals surface area contributed by atoms with Crippen LogP contribution in [0.25, 0.3) is 0 Å². The van der Waals surface area contributed by atoms with Gasteiger partial charge in [0.15, 0.2) is 11.6 Å². The molecule has 0 fully saturated rings. The molecule has 0 aliphatic heterocycles. The average Bonchev–Trinajstić information content (AvgIpc) is 2.20. The minimum absolute atomic E-state index is 0.195. The molecule has 0 saturated carbocycles. The van der Waals surface area contributed by atoms with E-state index >= 15 is 0 Å². The Bertz CT molecular complexity index is 396. The van der Waals surface area contributed by atoms with Gasteiger partial charge in [-0.25, -0.2) is 4.98 Å². The lowest BCUT2D eigenvalue weighted by Crippen LogP contribution is -2.11. The molecular formula is C12H16N2O2. The van der Waals surface area contributed by atoms with Gasteiger partial charge in [-0.2, -0.15) is 0 Å². The maximum atomic E-state index is 11.5. The Morgan fingerprint density at radius 2 is 2.31 bits per heavy atom. The van der Waals surface area contributed by atoms with Crippen molar-refractivity contribution in [1.82, 2.24) is 4.98 Å². The molecule has 1 N–H and O–H groups in total. The topological polar surface area (TPSA) is 51.2 Å². The number of pyridine rings is 1. The SMILES string of the molecule is CCOc1cccnc1NC(=O)C=C(C)C. The molecule has 1 rings (SSSR count). The van der Waals surface area contributed by atoms with Gasteiger partial charge in [0, 0.05) is 12.3 Å². The van der Waals surface area contributed by atoms with Crippen LogP contribution < -0.4 is 10.1 Å². The van der Waals surface area contributed by atoms with E-state index in [0.717, 1.165) is 5.57 Å². The molecule has 4 nitrogen and oxygen atoms in total. The first-order chi connectivity index (χ1) is 7.63. The summed E-state index contributed by atoms with van der Waals surface area (Å²) in [6, 6.07) is 3.54. The number of aromatic nitrogens is 1. The second-order valence-electron chi connectivity index (χ2n) is 3.49. The van der Waals surface area contributed by atoms with Crippen molar-refractivity contribution in [3.8, 4) is 5.75 Å². The molecule has 0 atom stereocenters. The van der Waals surface area contributed by atoms with E-state index in [1.54, 1.807) is 18.3 Å². The first-order valence-electron chi connectivity index (χ1n) is 5.17. The molecule has 0 unspecified atom stereocenters. The van der Waals surface area contributed by atoms with Gasteiger partial charge >= 0.3 is 0 Å². The minimum Gasteiger partial charge on any atom is -0.490 e. The van der Waals surface area contributed by atoms with Gasteiger partial charge in [0.2, 0.25) is 5.91 Å². The number of amides is 1. The Labute approximate surface area is 95.3 Å². The Kier molecular flexibility index (Phi) is 4.51. The summed E-state index contributed by atoms with van der Waals surface area (Å²) in [6.07, 6.45) is 3.13. The van der Waals surface area contributed by atoms with Crippen LogP contribution in [0, 0.1) is 0 Å². The van der Waals surface area contributed by atoms with Crippen LogP contribution in [0.4, 0.5) is 5.82 Å². The van der Waals surface area contributed by atoms with Crippen molar-refractivity contribution in [3.63, 3.8) is 0 Å². The van der Waals surface area contributed by atoms with E-state index in [4.69, 9.17) is 4.74 Å². The normalized spacial score (nSPS) is 9.44. The number of nitrogens with zero attached hydrogens (tertiary/aromatic N) is 1. The van der Waals surface area contributed by atoms with E-state index in [9.17, 15) is 4.79 Å². The summed E-state index contributed by atoms with van der Waals surface area (Å²) < 4.78 is 5.34. The van der Waals surface area contributed by atoms with Gasteiger partial charge in [-0.3, -0.25) is 4.79 Å². The van der Waals surface area contributed by atoms with Gasteiger partial charge in [0.1, 0.15) is 0 Å². The van der Waals surface area contributed by atoms with Gasteiger partial charge in [0.25, 0.3) is 0 Å². The summed E-state index contributed by atoms with van der Waals surface area (Å²) in [5, 5.41) is 2.68. The molecule has 4 heteroatoms. The smallest absolute Gasteiger partial charge is 0.249 e. The standard InChI is InChI=1S/C12H16N2O2/c1-4-16-10-6-5-7-13-12(10)14-11(15)8-9(2)3/h5-8H,4H2,1-3H3,(H,13,14,15). The van der Waals surface area contributed by atoms with Gasteiger partial charge in [0.05, 0.1) is 6.61 Å². The fourth-order valence-electron chi connectivity index (χ4n) is 1.17. The first-order valence-corrected chi connectivity index (χ1v) is 5.17. The molecule has 0 bridgehead atoms. The van der Waals surface area contributed by atoms with Crippen LogP contribution >= 0.6 is 0 Å². The molecule has 16 heavy (non-hydrogen) atoms. The van der Waals surface area contributed by atoms with Crippen LogP contribution in [0.1, 0.15) is 20.8 Å². The molecule has 0 spiro atoms. The Morgan fingerprint density at radius 1 is 1.56 bits per heavy atom. The van der Waals surface area contributed by atoms with Crippen LogP contribution in [0.5, 0.6) is 5.75 Å². The number of nitrogens with one attached hydrogen (secondary N) is 1. The quantitative estimate of drug-likeness (QED) is 0.792. The highest BCUT2D eigenvalue weighted by atomic mass is 16.5. The highest BCUT2D eigenvalue weighted by Gasteiger charge is 2.06. The van der Waals surface area contributed by atoms with Gasteiger partial charge in [-0.1, -0.05) is 5.57 Å². The van der Waals surface area contributed by atoms with Gasteiger partial charge < -0.3 is 10.1 Å². The molecule has 0 aromatic carbocycles. The van der Waals surface area contributed by atoms with Crippen LogP contribution in [0.3, 0.4) is 0 Å². The van der Waals surface area contributed by atoms with Gasteiger partial charge in [-0.15, -0.1) is 0 Å². The third-order valence-corrected chi connectivity index (χ3v) is 1.73. The lowest BCUT2D eigenvalue weighted by atomic mass is 10.3. The highest BCUT2D eigenvalue weighted by molar-refractivity contribution is 5.99. The Morgan fingerprint density at radius 3 is 2.94 bits per heavy atom. The van der Waals surface area contributed by atoms with Crippen molar-refractivity contribution in [2.75, 3.05) is 11.9 Å². The van der Waals surface area contributed by atoms with Crippen molar-refractivity contribution in [3.05, 3.63) is 30.0 Å². The third kappa shape index (κ3) is 3.73. The molecule has 1 heterocycles. The number of carbonyl (C=O) groups is 1. The Hall–Kier alpha value is -1.84. The van der Waals surface area contributed by atoms with Crippen molar-refractivity contribution < 1.29 is 9.53 Å². The minimum atomic E-state index is -0.195. The van der Waals surface area contributed by atoms with Crippen molar-refractivity contribution in [1.29, 1.82) is 0 Å². The third-order valence-electron chi connectivity index (χ3n) is 1.73. The predicted octanol–water partition coefficient (Wildman–Crippen LogP) is 2.38. The van der Waals surface area contributed by atoms with E-state index < -0.39 is 0 Å². The van der Waals surface area contributed by atoms with Crippen LogP contribution in [-0.4, -0.2) is 17.5 Å². The second kappa shape index (κ2) is 5.90.